The molecule has 0 bridgehead atoms. The normalized spacial score (nSPS) is 14.4. The Kier molecular flexibility index (Phi) is 3.55. The van der Waals surface area contributed by atoms with Crippen molar-refractivity contribution in [1.82, 2.24) is 5.32 Å². The molecule has 0 saturated carbocycles. The highest BCUT2D eigenvalue weighted by Gasteiger charge is 2.32. The van der Waals surface area contributed by atoms with Gasteiger partial charge in [0.25, 0.3) is 0 Å². The van der Waals surface area contributed by atoms with Crippen LogP contribution < -0.4 is 5.32 Å². The molecule has 0 fully saturated rings. The molecule has 1 N–H and O–H groups in total. The third-order valence-electron chi connectivity index (χ3n) is 2.06. The summed E-state index contributed by atoms with van der Waals surface area (Å²) >= 11 is 1.47. The first kappa shape index (κ1) is 11.5. The Balaban J connectivity index is 2.78. The third kappa shape index (κ3) is 2.99. The van der Waals surface area contributed by atoms with Crippen LogP contribution in [0.15, 0.2) is 11.4 Å². The van der Waals surface area contributed by atoms with Gasteiger partial charge in [-0.1, -0.05) is 0 Å². The van der Waals surface area contributed by atoms with Crippen molar-refractivity contribution < 1.29 is 13.2 Å². The van der Waals surface area contributed by atoms with Gasteiger partial charge in [0.15, 0.2) is 0 Å². The molecule has 0 aliphatic carbocycles. The molecule has 0 aromatic carbocycles. The largest absolute Gasteiger partial charge is 0.390 e. The molecule has 0 radical (unpaired) electrons. The Morgan fingerprint density at radius 1 is 1.50 bits per heavy atom. The Morgan fingerprint density at radius 3 is 2.50 bits per heavy atom. The molecule has 5 heteroatoms. The summed E-state index contributed by atoms with van der Waals surface area (Å²) in [5.41, 5.74) is 0.745. The van der Waals surface area contributed by atoms with Crippen LogP contribution in [0.1, 0.15) is 22.9 Å². The first-order chi connectivity index (χ1) is 6.44. The fourth-order valence-corrected chi connectivity index (χ4v) is 2.12. The fourth-order valence-electron chi connectivity index (χ4n) is 1.36. The van der Waals surface area contributed by atoms with Gasteiger partial charge in [-0.05, 0) is 31.0 Å². The first-order valence-electron chi connectivity index (χ1n) is 4.22. The van der Waals surface area contributed by atoms with Crippen LogP contribution in [0.2, 0.25) is 0 Å². The lowest BCUT2D eigenvalue weighted by atomic mass is 10.1. The molecule has 0 spiro atoms. The predicted molar refractivity (Wildman–Crippen MR) is 51.5 cm³/mol. The van der Waals surface area contributed by atoms with Crippen molar-refractivity contribution in [2.75, 3.05) is 7.05 Å². The molecule has 1 heterocycles. The highest BCUT2D eigenvalue weighted by molar-refractivity contribution is 7.10. The standard InChI is InChI=1S/C9H12F3NS/c1-6-7(3-4-14-6)8(13-2)5-9(10,11)12/h3-4,8,13H,5H2,1-2H3. The lowest BCUT2D eigenvalue weighted by Crippen LogP contribution is -2.23. The summed E-state index contributed by atoms with van der Waals surface area (Å²) < 4.78 is 36.5. The molecule has 80 valence electrons. The van der Waals surface area contributed by atoms with Crippen LogP contribution in [0.25, 0.3) is 0 Å². The molecule has 0 amide bonds. The molecule has 1 rings (SSSR count). The molecule has 1 aromatic heterocycles. The van der Waals surface area contributed by atoms with Crippen LogP contribution in [0.4, 0.5) is 13.2 Å². The van der Waals surface area contributed by atoms with Gasteiger partial charge in [-0.15, -0.1) is 11.3 Å². The Morgan fingerprint density at radius 2 is 2.14 bits per heavy atom. The van der Waals surface area contributed by atoms with Gasteiger partial charge in [-0.25, -0.2) is 0 Å². The number of thiophene rings is 1. The van der Waals surface area contributed by atoms with Crippen LogP contribution in [0, 0.1) is 6.92 Å². The zero-order chi connectivity index (χ0) is 10.8. The topological polar surface area (TPSA) is 12.0 Å². The van der Waals surface area contributed by atoms with Gasteiger partial charge in [0.2, 0.25) is 0 Å². The van der Waals surface area contributed by atoms with E-state index in [4.69, 9.17) is 0 Å². The van der Waals surface area contributed by atoms with Crippen LogP contribution >= 0.6 is 11.3 Å². The average molecular weight is 223 g/mol. The highest BCUT2D eigenvalue weighted by atomic mass is 32.1. The molecule has 1 aromatic rings. The van der Waals surface area contributed by atoms with Gasteiger partial charge in [-0.2, -0.15) is 13.2 Å². The van der Waals surface area contributed by atoms with E-state index in [0.29, 0.717) is 0 Å². The number of hydrogen-bond donors (Lipinski definition) is 1. The lowest BCUT2D eigenvalue weighted by Gasteiger charge is -2.17. The molecule has 14 heavy (non-hydrogen) atoms. The van der Waals surface area contributed by atoms with Gasteiger partial charge in [-0.3, -0.25) is 0 Å². The summed E-state index contributed by atoms with van der Waals surface area (Å²) in [7, 11) is 1.55. The number of rotatable bonds is 3. The monoisotopic (exact) mass is 223 g/mol. The van der Waals surface area contributed by atoms with E-state index in [1.807, 2.05) is 12.3 Å². The zero-order valence-corrected chi connectivity index (χ0v) is 8.80. The van der Waals surface area contributed by atoms with E-state index in [9.17, 15) is 13.2 Å². The van der Waals surface area contributed by atoms with Crippen LogP contribution in [-0.2, 0) is 0 Å². The van der Waals surface area contributed by atoms with E-state index < -0.39 is 18.6 Å². The van der Waals surface area contributed by atoms with E-state index in [1.165, 1.54) is 11.3 Å². The molecule has 0 aliphatic rings. The minimum absolute atomic E-state index is 0.624. The molecule has 1 unspecified atom stereocenters. The highest BCUT2D eigenvalue weighted by Crippen LogP contribution is 2.32. The quantitative estimate of drug-likeness (QED) is 0.829. The summed E-state index contributed by atoms with van der Waals surface area (Å²) in [5.74, 6) is 0. The second kappa shape index (κ2) is 4.31. The van der Waals surface area contributed by atoms with Crippen molar-refractivity contribution in [2.45, 2.75) is 25.6 Å². The molecular formula is C9H12F3NS. The van der Waals surface area contributed by atoms with Crippen molar-refractivity contribution in [3.05, 3.63) is 21.9 Å². The maximum atomic E-state index is 12.2. The van der Waals surface area contributed by atoms with Gasteiger partial charge >= 0.3 is 6.18 Å². The number of alkyl halides is 3. The zero-order valence-electron chi connectivity index (χ0n) is 7.98. The Hall–Kier alpha value is -0.550. The maximum absolute atomic E-state index is 12.2. The Bertz CT molecular complexity index is 292. The summed E-state index contributed by atoms with van der Waals surface area (Å²) in [5, 5.41) is 4.50. The number of aryl methyl sites for hydroxylation is 1. The van der Waals surface area contributed by atoms with Gasteiger partial charge in [0, 0.05) is 10.9 Å². The summed E-state index contributed by atoms with van der Waals surface area (Å²) in [4.78, 5) is 0.939. The van der Waals surface area contributed by atoms with E-state index >= 15 is 0 Å². The van der Waals surface area contributed by atoms with Crippen LogP contribution in [0.3, 0.4) is 0 Å². The summed E-state index contributed by atoms with van der Waals surface area (Å²) in [6, 6.07) is 1.12. The number of hydrogen-bond acceptors (Lipinski definition) is 2. The van der Waals surface area contributed by atoms with Crippen molar-refractivity contribution in [3.63, 3.8) is 0 Å². The van der Waals surface area contributed by atoms with Crippen molar-refractivity contribution in [3.8, 4) is 0 Å². The van der Waals surface area contributed by atoms with Crippen LogP contribution in [0.5, 0.6) is 0 Å². The predicted octanol–water partition coefficient (Wildman–Crippen LogP) is 3.27. The SMILES string of the molecule is CNC(CC(F)(F)F)c1ccsc1C. The van der Waals surface area contributed by atoms with Crippen molar-refractivity contribution in [1.29, 1.82) is 0 Å². The van der Waals surface area contributed by atoms with Crippen molar-refractivity contribution in [2.24, 2.45) is 0 Å². The summed E-state index contributed by atoms with van der Waals surface area (Å²) in [6.07, 6.45) is -4.94. The van der Waals surface area contributed by atoms with E-state index in [1.54, 1.807) is 13.1 Å². The van der Waals surface area contributed by atoms with E-state index in [-0.39, 0.29) is 0 Å². The first-order valence-corrected chi connectivity index (χ1v) is 5.10. The second-order valence-corrected chi connectivity index (χ2v) is 4.21. The molecule has 1 atom stereocenters. The molecule has 0 saturated heterocycles. The fraction of sp³-hybridized carbons (Fsp3) is 0.556. The summed E-state index contributed by atoms with van der Waals surface area (Å²) in [6.45, 7) is 1.83. The molecule has 1 nitrogen and oxygen atoms in total. The smallest absolute Gasteiger partial charge is 0.313 e. The molecular weight excluding hydrogens is 211 g/mol. The minimum Gasteiger partial charge on any atom is -0.313 e. The minimum atomic E-state index is -4.12. The van der Waals surface area contributed by atoms with Crippen molar-refractivity contribution >= 4 is 11.3 Å². The number of nitrogens with one attached hydrogen (secondary N) is 1. The van der Waals surface area contributed by atoms with Gasteiger partial charge < -0.3 is 5.32 Å². The van der Waals surface area contributed by atoms with Gasteiger partial charge in [0.05, 0.1) is 6.42 Å². The average Bonchev–Trinajstić information content (AvgIpc) is 2.45. The van der Waals surface area contributed by atoms with Gasteiger partial charge in [0.1, 0.15) is 0 Å². The second-order valence-electron chi connectivity index (χ2n) is 3.09. The maximum Gasteiger partial charge on any atom is 0.390 e. The lowest BCUT2D eigenvalue weighted by molar-refractivity contribution is -0.140. The third-order valence-corrected chi connectivity index (χ3v) is 2.92. The van der Waals surface area contributed by atoms with E-state index in [0.717, 1.165) is 10.4 Å². The molecule has 0 aliphatic heterocycles. The number of halogens is 3. The Labute approximate surface area is 84.9 Å². The van der Waals surface area contributed by atoms with E-state index in [2.05, 4.69) is 5.32 Å². The van der Waals surface area contributed by atoms with Crippen LogP contribution in [-0.4, -0.2) is 13.2 Å².